The zero-order chi connectivity index (χ0) is 15.7. The van der Waals surface area contributed by atoms with Crippen molar-refractivity contribution in [2.24, 2.45) is 0 Å². The first-order valence-electron chi connectivity index (χ1n) is 6.04. The summed E-state index contributed by atoms with van der Waals surface area (Å²) in [5, 5.41) is 0.215. The highest BCUT2D eigenvalue weighted by Crippen LogP contribution is 2.32. The van der Waals surface area contributed by atoms with Crippen LogP contribution in [-0.2, 0) is 0 Å². The highest BCUT2D eigenvalue weighted by molar-refractivity contribution is 7.13. The van der Waals surface area contributed by atoms with Gasteiger partial charge in [-0.05, 0) is 6.07 Å². The molecule has 0 saturated carbocycles. The van der Waals surface area contributed by atoms with Gasteiger partial charge in [-0.2, -0.15) is 8.78 Å². The molecule has 3 rings (SSSR count). The molecule has 0 aliphatic heterocycles. The first-order valence-corrected chi connectivity index (χ1v) is 6.92. The van der Waals surface area contributed by atoms with Crippen LogP contribution in [0.3, 0.4) is 0 Å². The van der Waals surface area contributed by atoms with Gasteiger partial charge < -0.3 is 14.5 Å². The minimum atomic E-state index is -3.01. The maximum Gasteiger partial charge on any atom is 0.387 e. The van der Waals surface area contributed by atoms with Crippen LogP contribution < -0.4 is 15.0 Å². The third-order valence-corrected chi connectivity index (χ3v) is 3.65. The van der Waals surface area contributed by atoms with E-state index in [4.69, 9.17) is 4.74 Å². The van der Waals surface area contributed by atoms with E-state index in [1.54, 1.807) is 11.7 Å². The number of methoxy groups -OCH3 is 1. The van der Waals surface area contributed by atoms with Crippen LogP contribution in [0.25, 0.3) is 21.6 Å². The van der Waals surface area contributed by atoms with Crippen LogP contribution in [0.1, 0.15) is 0 Å². The quantitative estimate of drug-likeness (QED) is 0.798. The average Bonchev–Trinajstić information content (AvgIpc) is 3.00. The Bertz CT molecular complexity index is 865. The van der Waals surface area contributed by atoms with E-state index in [2.05, 4.69) is 19.7 Å². The maximum absolute atomic E-state index is 12.4. The third-order valence-electron chi connectivity index (χ3n) is 2.87. The molecule has 0 saturated heterocycles. The number of benzene rings is 1. The van der Waals surface area contributed by atoms with Crippen LogP contribution in [0.2, 0.25) is 0 Å². The van der Waals surface area contributed by atoms with Gasteiger partial charge in [0.2, 0.25) is 0 Å². The Labute approximate surface area is 126 Å². The number of thiazole rings is 1. The fourth-order valence-electron chi connectivity index (χ4n) is 1.94. The third kappa shape index (κ3) is 2.62. The van der Waals surface area contributed by atoms with Gasteiger partial charge in [-0.15, -0.1) is 11.3 Å². The number of nitrogens with zero attached hydrogens (tertiary/aromatic N) is 2. The van der Waals surface area contributed by atoms with Crippen molar-refractivity contribution in [3.05, 3.63) is 34.2 Å². The highest BCUT2D eigenvalue weighted by atomic mass is 32.1. The molecule has 6 nitrogen and oxygen atoms in total. The van der Waals surface area contributed by atoms with Crippen molar-refractivity contribution >= 4 is 22.2 Å². The van der Waals surface area contributed by atoms with E-state index < -0.39 is 12.2 Å². The lowest BCUT2D eigenvalue weighted by molar-refractivity contribution is -0.0511. The summed E-state index contributed by atoms with van der Waals surface area (Å²) in [6, 6.07) is 2.56. The monoisotopic (exact) mass is 325 g/mol. The number of aromatic amines is 1. The molecule has 3 aromatic rings. The number of hydrogen-bond donors (Lipinski definition) is 1. The highest BCUT2D eigenvalue weighted by Gasteiger charge is 2.15. The maximum atomic E-state index is 12.4. The van der Waals surface area contributed by atoms with E-state index in [0.29, 0.717) is 10.7 Å². The molecule has 0 aliphatic carbocycles. The van der Waals surface area contributed by atoms with Crippen LogP contribution in [0.5, 0.6) is 11.5 Å². The normalized spacial score (nSPS) is 11.1. The number of aromatic nitrogens is 3. The molecule has 0 bridgehead atoms. The van der Waals surface area contributed by atoms with Crippen molar-refractivity contribution in [2.75, 3.05) is 7.11 Å². The van der Waals surface area contributed by atoms with Gasteiger partial charge in [0.1, 0.15) is 0 Å². The Balaban J connectivity index is 2.21. The van der Waals surface area contributed by atoms with E-state index in [0.717, 1.165) is 0 Å². The van der Waals surface area contributed by atoms with Gasteiger partial charge in [-0.25, -0.2) is 4.98 Å². The van der Waals surface area contributed by atoms with E-state index in [1.807, 2.05) is 0 Å². The van der Waals surface area contributed by atoms with Gasteiger partial charge in [0, 0.05) is 12.3 Å². The standard InChI is InChI=1S/C13H9F2N3O3S/c1-20-8-2-6-7(3-9(8)21-13(14)15)17-11(18-12(6)19)10-4-16-5-22-10/h2-5,13H,1H3,(H,17,18,19). The summed E-state index contributed by atoms with van der Waals surface area (Å²) >= 11 is 1.30. The zero-order valence-electron chi connectivity index (χ0n) is 11.2. The van der Waals surface area contributed by atoms with Gasteiger partial charge >= 0.3 is 6.61 Å². The molecule has 1 N–H and O–H groups in total. The Hall–Kier alpha value is -2.55. The number of halogens is 2. The summed E-state index contributed by atoms with van der Waals surface area (Å²) in [5.41, 5.74) is 1.41. The summed E-state index contributed by atoms with van der Waals surface area (Å²) in [5.74, 6) is 0.164. The van der Waals surface area contributed by atoms with Crippen LogP contribution in [0, 0.1) is 0 Å². The van der Waals surface area contributed by atoms with Crippen molar-refractivity contribution in [3.8, 4) is 22.2 Å². The number of H-pyrrole nitrogens is 1. The molecule has 22 heavy (non-hydrogen) atoms. The molecule has 0 unspecified atom stereocenters. The SMILES string of the molecule is COc1cc2c(=O)[nH]c(-c3cncs3)nc2cc1OC(F)F. The van der Waals surface area contributed by atoms with E-state index in [9.17, 15) is 13.6 Å². The number of hydrogen-bond acceptors (Lipinski definition) is 6. The summed E-state index contributed by atoms with van der Waals surface area (Å²) in [4.78, 5) is 23.6. The van der Waals surface area contributed by atoms with Crippen LogP contribution in [-0.4, -0.2) is 28.7 Å². The van der Waals surface area contributed by atoms with Crippen molar-refractivity contribution in [1.29, 1.82) is 0 Å². The molecule has 9 heteroatoms. The molecule has 0 spiro atoms. The number of alkyl halides is 2. The topological polar surface area (TPSA) is 77.1 Å². The van der Waals surface area contributed by atoms with Crippen LogP contribution in [0.4, 0.5) is 8.78 Å². The van der Waals surface area contributed by atoms with Crippen LogP contribution >= 0.6 is 11.3 Å². The Morgan fingerprint density at radius 3 is 2.77 bits per heavy atom. The molecule has 0 atom stereocenters. The van der Waals surface area contributed by atoms with Gasteiger partial charge in [0.25, 0.3) is 5.56 Å². The van der Waals surface area contributed by atoms with Crippen molar-refractivity contribution in [2.45, 2.75) is 6.61 Å². The lowest BCUT2D eigenvalue weighted by atomic mass is 10.2. The summed E-state index contributed by atoms with van der Waals surface area (Å²) in [6.45, 7) is -3.01. The lowest BCUT2D eigenvalue weighted by Crippen LogP contribution is -2.10. The minimum absolute atomic E-state index is 0.0330. The largest absolute Gasteiger partial charge is 0.493 e. The van der Waals surface area contributed by atoms with Gasteiger partial charge in [0.05, 0.1) is 28.4 Å². The first-order chi connectivity index (χ1) is 10.6. The van der Waals surface area contributed by atoms with E-state index >= 15 is 0 Å². The molecule has 0 amide bonds. The van der Waals surface area contributed by atoms with E-state index in [-0.39, 0.29) is 22.4 Å². The van der Waals surface area contributed by atoms with Gasteiger partial charge in [0.15, 0.2) is 17.3 Å². The molecule has 0 aliphatic rings. The van der Waals surface area contributed by atoms with Gasteiger partial charge in [-0.3, -0.25) is 9.78 Å². The van der Waals surface area contributed by atoms with Crippen molar-refractivity contribution < 1.29 is 18.3 Å². The molecule has 0 radical (unpaired) electrons. The molecule has 0 fully saturated rings. The number of fused-ring (bicyclic) bond motifs is 1. The number of nitrogens with one attached hydrogen (secondary N) is 1. The molecular formula is C13H9F2N3O3S. The van der Waals surface area contributed by atoms with Crippen molar-refractivity contribution in [1.82, 2.24) is 15.0 Å². The molecular weight excluding hydrogens is 316 g/mol. The second kappa shape index (κ2) is 5.68. The zero-order valence-corrected chi connectivity index (χ0v) is 12.0. The molecule has 2 heterocycles. The second-order valence-corrected chi connectivity index (χ2v) is 5.07. The molecule has 114 valence electrons. The Kier molecular flexibility index (Phi) is 3.72. The Morgan fingerprint density at radius 1 is 1.32 bits per heavy atom. The van der Waals surface area contributed by atoms with Gasteiger partial charge in [-0.1, -0.05) is 0 Å². The second-order valence-electron chi connectivity index (χ2n) is 4.18. The van der Waals surface area contributed by atoms with E-state index in [1.165, 1.54) is 30.6 Å². The Morgan fingerprint density at radius 2 is 2.14 bits per heavy atom. The number of ether oxygens (including phenoxy) is 2. The number of rotatable bonds is 4. The average molecular weight is 325 g/mol. The summed E-state index contributed by atoms with van der Waals surface area (Å²) in [7, 11) is 1.30. The summed E-state index contributed by atoms with van der Waals surface area (Å²) in [6.07, 6.45) is 1.55. The fourth-order valence-corrected chi connectivity index (χ4v) is 2.51. The minimum Gasteiger partial charge on any atom is -0.493 e. The van der Waals surface area contributed by atoms with Crippen LogP contribution in [0.15, 0.2) is 28.6 Å². The predicted octanol–water partition coefficient (Wildman–Crippen LogP) is 2.66. The lowest BCUT2D eigenvalue weighted by Gasteiger charge is -2.11. The van der Waals surface area contributed by atoms with Crippen molar-refractivity contribution in [3.63, 3.8) is 0 Å². The summed E-state index contributed by atoms with van der Waals surface area (Å²) < 4.78 is 34.3. The first kappa shape index (κ1) is 14.4. The smallest absolute Gasteiger partial charge is 0.387 e. The fraction of sp³-hybridized carbons (Fsp3) is 0.154. The molecule has 1 aromatic carbocycles. The predicted molar refractivity (Wildman–Crippen MR) is 76.7 cm³/mol. The molecule has 2 aromatic heterocycles.